The third-order valence-corrected chi connectivity index (χ3v) is 5.11. The van der Waals surface area contributed by atoms with Crippen LogP contribution >= 0.6 is 15.9 Å². The summed E-state index contributed by atoms with van der Waals surface area (Å²) in [6.07, 6.45) is 2.91. The van der Waals surface area contributed by atoms with Crippen LogP contribution in [0.1, 0.15) is 12.8 Å². The zero-order valence-electron chi connectivity index (χ0n) is 10.3. The number of aromatic nitrogens is 1. The van der Waals surface area contributed by atoms with Crippen molar-refractivity contribution in [1.82, 2.24) is 9.29 Å². The molecule has 106 valence electrons. The summed E-state index contributed by atoms with van der Waals surface area (Å²) in [5.74, 6) is 0.504. The molecule has 0 atom stereocenters. The zero-order valence-corrected chi connectivity index (χ0v) is 12.7. The molecule has 6 nitrogen and oxygen atoms in total. The van der Waals surface area contributed by atoms with Crippen molar-refractivity contribution in [3.05, 3.63) is 22.8 Å². The summed E-state index contributed by atoms with van der Waals surface area (Å²) in [6.45, 7) is 0.976. The van der Waals surface area contributed by atoms with Gasteiger partial charge < -0.3 is 5.11 Å². The van der Waals surface area contributed by atoms with E-state index >= 15 is 0 Å². The summed E-state index contributed by atoms with van der Waals surface area (Å²) >= 11 is 3.24. The number of hydrogen-bond acceptors (Lipinski definition) is 4. The van der Waals surface area contributed by atoms with E-state index < -0.39 is 10.2 Å². The van der Waals surface area contributed by atoms with Crippen molar-refractivity contribution < 1.29 is 13.5 Å². The molecule has 19 heavy (non-hydrogen) atoms. The highest BCUT2D eigenvalue weighted by Gasteiger charge is 2.27. The smallest absolute Gasteiger partial charge is 0.302 e. The molecule has 8 heteroatoms. The fourth-order valence-corrected chi connectivity index (χ4v) is 3.41. The molecule has 2 heterocycles. The summed E-state index contributed by atoms with van der Waals surface area (Å²) in [5, 5.41) is 9.04. The molecular formula is C11H16BrN3O3S. The molecule has 1 saturated heterocycles. The normalized spacial score (nSPS) is 18.4. The molecular weight excluding hydrogens is 334 g/mol. The van der Waals surface area contributed by atoms with E-state index in [0.29, 0.717) is 31.7 Å². The number of nitrogens with zero attached hydrogens (tertiary/aromatic N) is 2. The van der Waals surface area contributed by atoms with Crippen LogP contribution in [0.2, 0.25) is 0 Å². The van der Waals surface area contributed by atoms with Crippen LogP contribution in [0, 0.1) is 5.92 Å². The molecule has 0 unspecified atom stereocenters. The van der Waals surface area contributed by atoms with E-state index in [-0.39, 0.29) is 12.5 Å². The Balaban J connectivity index is 2.01. The molecule has 0 saturated carbocycles. The molecule has 1 aliphatic rings. The third kappa shape index (κ3) is 3.88. The molecule has 0 aliphatic carbocycles. The van der Waals surface area contributed by atoms with Gasteiger partial charge >= 0.3 is 10.2 Å². The lowest BCUT2D eigenvalue weighted by Crippen LogP contribution is -2.42. The Morgan fingerprint density at radius 1 is 1.42 bits per heavy atom. The molecule has 1 fully saturated rings. The minimum Gasteiger partial charge on any atom is -0.396 e. The molecule has 0 amide bonds. The molecule has 0 aromatic carbocycles. The first-order chi connectivity index (χ1) is 9.01. The highest BCUT2D eigenvalue weighted by atomic mass is 79.9. The lowest BCUT2D eigenvalue weighted by Gasteiger charge is -2.30. The maximum Gasteiger partial charge on any atom is 0.302 e. The van der Waals surface area contributed by atoms with Gasteiger partial charge in [0.05, 0.1) is 0 Å². The van der Waals surface area contributed by atoms with Gasteiger partial charge in [-0.1, -0.05) is 0 Å². The minimum absolute atomic E-state index is 0.121. The fraction of sp³-hybridized carbons (Fsp3) is 0.545. The Hall–Kier alpha value is -0.700. The number of piperidine rings is 1. The lowest BCUT2D eigenvalue weighted by molar-refractivity contribution is 0.170. The van der Waals surface area contributed by atoms with Crippen LogP contribution < -0.4 is 4.72 Å². The quantitative estimate of drug-likeness (QED) is 0.855. The van der Waals surface area contributed by atoms with Gasteiger partial charge in [0.15, 0.2) is 0 Å². The van der Waals surface area contributed by atoms with Crippen molar-refractivity contribution in [2.45, 2.75) is 12.8 Å². The van der Waals surface area contributed by atoms with Gasteiger partial charge in [0, 0.05) is 30.4 Å². The van der Waals surface area contributed by atoms with E-state index in [1.807, 2.05) is 0 Å². The summed E-state index contributed by atoms with van der Waals surface area (Å²) in [5.41, 5.74) is 0. The average molecular weight is 350 g/mol. The molecule has 0 radical (unpaired) electrons. The van der Waals surface area contributed by atoms with Crippen LogP contribution in [0.15, 0.2) is 22.8 Å². The van der Waals surface area contributed by atoms with Gasteiger partial charge in [-0.05, 0) is 46.8 Å². The molecule has 1 aromatic heterocycles. The largest absolute Gasteiger partial charge is 0.396 e. The van der Waals surface area contributed by atoms with Crippen molar-refractivity contribution in [2.24, 2.45) is 5.92 Å². The number of pyridine rings is 1. The summed E-state index contributed by atoms with van der Waals surface area (Å²) in [7, 11) is -3.56. The maximum atomic E-state index is 12.1. The van der Waals surface area contributed by atoms with E-state index in [2.05, 4.69) is 25.6 Å². The predicted octanol–water partition coefficient (Wildman–Crippen LogP) is 1.21. The van der Waals surface area contributed by atoms with Crippen LogP contribution in [-0.2, 0) is 10.2 Å². The van der Waals surface area contributed by atoms with E-state index in [1.165, 1.54) is 10.5 Å². The van der Waals surface area contributed by atoms with Crippen LogP contribution in [0.25, 0.3) is 0 Å². The van der Waals surface area contributed by atoms with Gasteiger partial charge in [0.2, 0.25) is 0 Å². The fourth-order valence-electron chi connectivity index (χ4n) is 1.97. The second-order valence-electron chi connectivity index (χ2n) is 4.49. The summed E-state index contributed by atoms with van der Waals surface area (Å²) in [4.78, 5) is 3.99. The van der Waals surface area contributed by atoms with Gasteiger partial charge in [0.25, 0.3) is 0 Å². The van der Waals surface area contributed by atoms with Gasteiger partial charge in [-0.25, -0.2) is 4.98 Å². The molecule has 1 aromatic rings. The van der Waals surface area contributed by atoms with Gasteiger partial charge in [-0.3, -0.25) is 4.72 Å². The standard InChI is InChI=1S/C11H16BrN3O3S/c12-10-1-2-11(13-7-10)14-19(17,18)15-5-3-9(8-16)4-6-15/h1-2,7,9,16H,3-6,8H2,(H,13,14). The zero-order chi connectivity index (χ0) is 13.9. The number of nitrogens with one attached hydrogen (secondary N) is 1. The topological polar surface area (TPSA) is 82.5 Å². The van der Waals surface area contributed by atoms with Crippen LogP contribution in [0.4, 0.5) is 5.82 Å². The highest BCUT2D eigenvalue weighted by molar-refractivity contribution is 9.10. The predicted molar refractivity (Wildman–Crippen MR) is 75.9 cm³/mol. The Bertz CT molecular complexity index is 512. The number of rotatable bonds is 4. The average Bonchev–Trinajstić information content (AvgIpc) is 2.41. The molecule has 0 bridgehead atoms. The van der Waals surface area contributed by atoms with E-state index in [9.17, 15) is 8.42 Å². The third-order valence-electron chi connectivity index (χ3n) is 3.13. The van der Waals surface area contributed by atoms with Crippen molar-refractivity contribution in [3.63, 3.8) is 0 Å². The summed E-state index contributed by atoms with van der Waals surface area (Å²) in [6, 6.07) is 3.32. The SMILES string of the molecule is O=S(=O)(Nc1ccc(Br)cn1)N1CCC(CO)CC1. The van der Waals surface area contributed by atoms with Crippen LogP contribution in [0.5, 0.6) is 0 Å². The Labute approximate surface area is 121 Å². The van der Waals surface area contributed by atoms with Crippen LogP contribution in [0.3, 0.4) is 0 Å². The van der Waals surface area contributed by atoms with Gasteiger partial charge in [0.1, 0.15) is 5.82 Å². The highest BCUT2D eigenvalue weighted by Crippen LogP contribution is 2.20. The van der Waals surface area contributed by atoms with Crippen molar-refractivity contribution in [2.75, 3.05) is 24.4 Å². The first-order valence-corrected chi connectivity index (χ1v) is 8.25. The number of hydrogen-bond donors (Lipinski definition) is 2. The van der Waals surface area contributed by atoms with E-state index in [4.69, 9.17) is 5.11 Å². The first kappa shape index (κ1) is 14.7. The van der Waals surface area contributed by atoms with Gasteiger partial charge in [-0.15, -0.1) is 0 Å². The van der Waals surface area contributed by atoms with Gasteiger partial charge in [-0.2, -0.15) is 12.7 Å². The number of halogens is 1. The molecule has 2 N–H and O–H groups in total. The number of anilines is 1. The first-order valence-electron chi connectivity index (χ1n) is 6.01. The van der Waals surface area contributed by atoms with Crippen molar-refractivity contribution in [3.8, 4) is 0 Å². The number of aliphatic hydroxyl groups is 1. The van der Waals surface area contributed by atoms with Crippen molar-refractivity contribution >= 4 is 32.0 Å². The van der Waals surface area contributed by atoms with Crippen molar-refractivity contribution in [1.29, 1.82) is 0 Å². The monoisotopic (exact) mass is 349 g/mol. The Morgan fingerprint density at radius 2 is 2.11 bits per heavy atom. The Morgan fingerprint density at radius 3 is 2.63 bits per heavy atom. The number of aliphatic hydroxyl groups excluding tert-OH is 1. The second-order valence-corrected chi connectivity index (χ2v) is 7.08. The van der Waals surface area contributed by atoms with E-state index in [0.717, 1.165) is 4.47 Å². The molecule has 2 rings (SSSR count). The maximum absolute atomic E-state index is 12.1. The molecule has 1 aliphatic heterocycles. The minimum atomic E-state index is -3.56. The Kier molecular flexibility index (Phi) is 4.77. The summed E-state index contributed by atoms with van der Waals surface area (Å²) < 4.78 is 28.9. The molecule has 0 spiro atoms. The second kappa shape index (κ2) is 6.17. The van der Waals surface area contributed by atoms with Crippen LogP contribution in [-0.4, -0.2) is 42.5 Å². The van der Waals surface area contributed by atoms with E-state index in [1.54, 1.807) is 12.1 Å². The lowest BCUT2D eigenvalue weighted by atomic mass is 10.00.